The fourth-order valence-electron chi connectivity index (χ4n) is 2.53. The van der Waals surface area contributed by atoms with Crippen molar-refractivity contribution in [2.45, 2.75) is 33.1 Å². The Morgan fingerprint density at radius 3 is 2.58 bits per heavy atom. The van der Waals surface area contributed by atoms with Gasteiger partial charge in [0.1, 0.15) is 6.07 Å². The van der Waals surface area contributed by atoms with Gasteiger partial charge in [0.25, 0.3) is 0 Å². The van der Waals surface area contributed by atoms with Crippen molar-refractivity contribution in [3.63, 3.8) is 0 Å². The quantitative estimate of drug-likeness (QED) is 0.770. The molecular formula is C15H18F2N2. The largest absolute Gasteiger partial charge is 0.369 e. The van der Waals surface area contributed by atoms with Crippen molar-refractivity contribution in [3.8, 4) is 6.07 Å². The molecule has 0 saturated carbocycles. The lowest BCUT2D eigenvalue weighted by atomic mass is 9.85. The molecule has 19 heavy (non-hydrogen) atoms. The number of anilines is 1. The maximum Gasteiger partial charge on any atom is 0.183 e. The summed E-state index contributed by atoms with van der Waals surface area (Å²) < 4.78 is 27.6. The van der Waals surface area contributed by atoms with Crippen molar-refractivity contribution in [1.82, 2.24) is 0 Å². The number of nitriles is 1. The number of nitrogens with zero attached hydrogens (tertiary/aromatic N) is 2. The number of rotatable bonds is 1. The highest BCUT2D eigenvalue weighted by Crippen LogP contribution is 2.33. The van der Waals surface area contributed by atoms with Crippen LogP contribution in [0.3, 0.4) is 0 Å². The van der Waals surface area contributed by atoms with E-state index in [-0.39, 0.29) is 16.7 Å². The Hall–Kier alpha value is -1.63. The van der Waals surface area contributed by atoms with Crippen LogP contribution < -0.4 is 4.90 Å². The van der Waals surface area contributed by atoms with Crippen molar-refractivity contribution in [2.24, 2.45) is 5.41 Å². The Balaban J connectivity index is 2.28. The van der Waals surface area contributed by atoms with Gasteiger partial charge in [-0.1, -0.05) is 13.8 Å². The smallest absolute Gasteiger partial charge is 0.183 e. The molecule has 1 fully saturated rings. The molecule has 1 aliphatic rings. The average Bonchev–Trinajstić information content (AvgIpc) is 2.54. The zero-order valence-corrected chi connectivity index (χ0v) is 11.3. The summed E-state index contributed by atoms with van der Waals surface area (Å²) in [7, 11) is 0. The molecule has 0 atom stereocenters. The fraction of sp³-hybridized carbons (Fsp3) is 0.533. The molecule has 102 valence electrons. The van der Waals surface area contributed by atoms with Crippen LogP contribution in [0.4, 0.5) is 14.5 Å². The Morgan fingerprint density at radius 2 is 1.89 bits per heavy atom. The maximum absolute atomic E-state index is 14.0. The van der Waals surface area contributed by atoms with E-state index >= 15 is 0 Å². The van der Waals surface area contributed by atoms with E-state index in [1.165, 1.54) is 12.1 Å². The summed E-state index contributed by atoms with van der Waals surface area (Å²) in [5.41, 5.74) is 0.279. The van der Waals surface area contributed by atoms with E-state index in [2.05, 4.69) is 13.8 Å². The van der Waals surface area contributed by atoms with E-state index in [1.54, 1.807) is 6.07 Å². The molecule has 0 aromatic heterocycles. The van der Waals surface area contributed by atoms with Crippen LogP contribution >= 0.6 is 0 Å². The predicted molar refractivity (Wildman–Crippen MR) is 70.9 cm³/mol. The van der Waals surface area contributed by atoms with Gasteiger partial charge in [-0.15, -0.1) is 0 Å². The lowest BCUT2D eigenvalue weighted by Gasteiger charge is -2.25. The van der Waals surface area contributed by atoms with Crippen molar-refractivity contribution < 1.29 is 8.78 Å². The van der Waals surface area contributed by atoms with E-state index in [9.17, 15) is 8.78 Å². The topological polar surface area (TPSA) is 27.0 Å². The monoisotopic (exact) mass is 264 g/mol. The minimum absolute atomic E-state index is 0.239. The van der Waals surface area contributed by atoms with Gasteiger partial charge in [0.15, 0.2) is 11.6 Å². The lowest BCUT2D eigenvalue weighted by molar-refractivity contribution is 0.325. The van der Waals surface area contributed by atoms with Crippen LogP contribution in [0, 0.1) is 28.4 Å². The molecule has 0 aliphatic carbocycles. The van der Waals surface area contributed by atoms with Gasteiger partial charge in [0.2, 0.25) is 0 Å². The predicted octanol–water partition coefficient (Wildman–Crippen LogP) is 3.85. The first-order valence-electron chi connectivity index (χ1n) is 6.58. The maximum atomic E-state index is 14.0. The molecule has 4 heteroatoms. The number of benzene rings is 1. The van der Waals surface area contributed by atoms with Gasteiger partial charge in [-0.3, -0.25) is 0 Å². The van der Waals surface area contributed by atoms with Gasteiger partial charge in [-0.2, -0.15) is 5.26 Å². The number of hydrogen-bond donors (Lipinski definition) is 0. The highest BCUT2D eigenvalue weighted by Gasteiger charge is 2.25. The molecule has 0 N–H and O–H groups in total. The summed E-state index contributed by atoms with van der Waals surface area (Å²) in [4.78, 5) is 1.88. The molecule has 0 bridgehead atoms. The molecule has 1 aliphatic heterocycles. The van der Waals surface area contributed by atoms with Gasteiger partial charge < -0.3 is 4.90 Å². The van der Waals surface area contributed by atoms with Crippen LogP contribution in [-0.2, 0) is 0 Å². The van der Waals surface area contributed by atoms with Crippen LogP contribution in [-0.4, -0.2) is 13.1 Å². The number of halogens is 2. The second-order valence-corrected chi connectivity index (χ2v) is 5.88. The first kappa shape index (κ1) is 13.8. The van der Waals surface area contributed by atoms with Crippen molar-refractivity contribution >= 4 is 5.69 Å². The summed E-state index contributed by atoms with van der Waals surface area (Å²) >= 11 is 0. The van der Waals surface area contributed by atoms with Gasteiger partial charge in [-0.25, -0.2) is 8.78 Å². The molecule has 2 rings (SSSR count). The third kappa shape index (κ3) is 2.86. The molecule has 1 aromatic carbocycles. The fourth-order valence-corrected chi connectivity index (χ4v) is 2.53. The second-order valence-electron chi connectivity index (χ2n) is 5.88. The van der Waals surface area contributed by atoms with Crippen molar-refractivity contribution in [1.29, 1.82) is 5.26 Å². The van der Waals surface area contributed by atoms with E-state index in [4.69, 9.17) is 5.26 Å². The Morgan fingerprint density at radius 1 is 1.16 bits per heavy atom. The highest BCUT2D eigenvalue weighted by atomic mass is 19.2. The molecule has 1 aromatic rings. The molecule has 1 heterocycles. The van der Waals surface area contributed by atoms with Crippen LogP contribution in [0.25, 0.3) is 0 Å². The standard InChI is InChI=1S/C15H18F2N2/c1-15(2)6-3-8-19(9-7-15)12-5-4-11(10-18)13(16)14(12)17/h4-5H,3,6-9H2,1-2H3. The first-order valence-corrected chi connectivity index (χ1v) is 6.58. The van der Waals surface area contributed by atoms with Crippen LogP contribution in [0.15, 0.2) is 12.1 Å². The first-order chi connectivity index (χ1) is 8.94. The second kappa shape index (κ2) is 5.16. The molecule has 2 nitrogen and oxygen atoms in total. The lowest BCUT2D eigenvalue weighted by Crippen LogP contribution is -2.26. The van der Waals surface area contributed by atoms with Crippen LogP contribution in [0.1, 0.15) is 38.7 Å². The molecule has 0 radical (unpaired) electrons. The molecule has 0 amide bonds. The van der Waals surface area contributed by atoms with Gasteiger partial charge in [-0.05, 0) is 36.8 Å². The normalized spacial score (nSPS) is 18.8. The van der Waals surface area contributed by atoms with E-state index in [1.807, 2.05) is 4.90 Å². The van der Waals surface area contributed by atoms with Gasteiger partial charge in [0.05, 0.1) is 11.3 Å². The molecule has 1 saturated heterocycles. The Kier molecular flexibility index (Phi) is 3.75. The van der Waals surface area contributed by atoms with Crippen LogP contribution in [0.5, 0.6) is 0 Å². The Labute approximate surface area is 112 Å². The molecule has 0 spiro atoms. The number of hydrogen-bond acceptors (Lipinski definition) is 2. The van der Waals surface area contributed by atoms with E-state index in [0.29, 0.717) is 0 Å². The van der Waals surface area contributed by atoms with Crippen molar-refractivity contribution in [2.75, 3.05) is 18.0 Å². The van der Waals surface area contributed by atoms with Crippen molar-refractivity contribution in [3.05, 3.63) is 29.3 Å². The highest BCUT2D eigenvalue weighted by molar-refractivity contribution is 5.52. The van der Waals surface area contributed by atoms with Crippen LogP contribution in [0.2, 0.25) is 0 Å². The minimum Gasteiger partial charge on any atom is -0.369 e. The SMILES string of the molecule is CC1(C)CCCN(c2ccc(C#N)c(F)c2F)CC1. The summed E-state index contributed by atoms with van der Waals surface area (Å²) in [6.07, 6.45) is 3.01. The third-order valence-corrected chi connectivity index (χ3v) is 3.86. The van der Waals surface area contributed by atoms with E-state index in [0.717, 1.165) is 32.4 Å². The van der Waals surface area contributed by atoms with Gasteiger partial charge in [0, 0.05) is 13.1 Å². The molecule has 0 unspecified atom stereocenters. The van der Waals surface area contributed by atoms with E-state index < -0.39 is 11.6 Å². The summed E-state index contributed by atoms with van der Waals surface area (Å²) in [6, 6.07) is 4.52. The zero-order chi connectivity index (χ0) is 14.0. The van der Waals surface area contributed by atoms with Gasteiger partial charge >= 0.3 is 0 Å². The summed E-state index contributed by atoms with van der Waals surface area (Å²) in [5, 5.41) is 8.69. The Bertz CT molecular complexity index is 518. The molecular weight excluding hydrogens is 246 g/mol. The average molecular weight is 264 g/mol. The zero-order valence-electron chi connectivity index (χ0n) is 11.3. The third-order valence-electron chi connectivity index (χ3n) is 3.86. The summed E-state index contributed by atoms with van der Waals surface area (Å²) in [6.45, 7) is 5.85. The summed E-state index contributed by atoms with van der Waals surface area (Å²) in [5.74, 6) is -1.94. The minimum atomic E-state index is -1.04.